The summed E-state index contributed by atoms with van der Waals surface area (Å²) in [5.74, 6) is -0.186. The average Bonchev–Trinajstić information content (AvgIpc) is 2.33. The predicted octanol–water partition coefficient (Wildman–Crippen LogP) is 4.50. The Hall–Kier alpha value is -1.15. The van der Waals surface area contributed by atoms with Crippen LogP contribution in [0.4, 0.5) is 4.39 Å². The minimum Gasteiger partial charge on any atom is -0.207 e. The molecular weight excluding hydrogens is 267 g/mol. The van der Waals surface area contributed by atoms with Crippen molar-refractivity contribution in [1.29, 1.82) is 0 Å². The van der Waals surface area contributed by atoms with Crippen LogP contribution >= 0.6 is 15.9 Å². The Kier molecular flexibility index (Phi) is 3.73. The van der Waals surface area contributed by atoms with Crippen molar-refractivity contribution in [2.24, 2.45) is 0 Å². The van der Waals surface area contributed by atoms with Gasteiger partial charge in [0.15, 0.2) is 0 Å². The van der Waals surface area contributed by atoms with Gasteiger partial charge in [0.05, 0.1) is 0 Å². The van der Waals surface area contributed by atoms with Crippen molar-refractivity contribution in [2.45, 2.75) is 11.2 Å². The second-order valence-corrected chi connectivity index (χ2v) is 4.81. The zero-order valence-electron chi connectivity index (χ0n) is 8.74. The molecule has 0 amide bonds. The van der Waals surface area contributed by atoms with E-state index in [2.05, 4.69) is 28.1 Å². The van der Waals surface area contributed by atoms with Crippen molar-refractivity contribution < 1.29 is 4.39 Å². The fourth-order valence-electron chi connectivity index (χ4n) is 1.61. The van der Waals surface area contributed by atoms with Gasteiger partial charge in [0.1, 0.15) is 5.82 Å². The van der Waals surface area contributed by atoms with E-state index >= 15 is 0 Å². The Morgan fingerprint density at radius 3 is 2.19 bits per heavy atom. The van der Waals surface area contributed by atoms with Crippen molar-refractivity contribution in [1.82, 2.24) is 0 Å². The Labute approximate surface area is 103 Å². The molecular formula is C14H12BrF. The lowest BCUT2D eigenvalue weighted by atomic mass is 10.0. The molecule has 0 aliphatic carbocycles. The van der Waals surface area contributed by atoms with Gasteiger partial charge in [-0.2, -0.15) is 0 Å². The SMILES string of the molecule is Fc1ccc(C[C@H](Br)c2ccccc2)cc1. The maximum atomic E-state index is 12.7. The van der Waals surface area contributed by atoms with Gasteiger partial charge in [-0.1, -0.05) is 58.4 Å². The Morgan fingerprint density at radius 1 is 0.938 bits per heavy atom. The number of halogens is 2. The number of hydrogen-bond donors (Lipinski definition) is 0. The highest BCUT2D eigenvalue weighted by atomic mass is 79.9. The normalized spacial score (nSPS) is 12.4. The van der Waals surface area contributed by atoms with Crippen LogP contribution in [0.15, 0.2) is 54.6 Å². The van der Waals surface area contributed by atoms with Crippen molar-refractivity contribution >= 4 is 15.9 Å². The van der Waals surface area contributed by atoms with E-state index in [0.717, 1.165) is 12.0 Å². The molecule has 2 aromatic rings. The van der Waals surface area contributed by atoms with Gasteiger partial charge in [-0.25, -0.2) is 4.39 Å². The number of benzene rings is 2. The van der Waals surface area contributed by atoms with Crippen LogP contribution in [-0.2, 0) is 6.42 Å². The first-order valence-electron chi connectivity index (χ1n) is 5.19. The largest absolute Gasteiger partial charge is 0.207 e. The van der Waals surface area contributed by atoms with Gasteiger partial charge in [0, 0.05) is 4.83 Å². The second kappa shape index (κ2) is 5.26. The lowest BCUT2D eigenvalue weighted by molar-refractivity contribution is 0.627. The summed E-state index contributed by atoms with van der Waals surface area (Å²) >= 11 is 3.65. The minimum absolute atomic E-state index is 0.186. The summed E-state index contributed by atoms with van der Waals surface area (Å²) in [7, 11) is 0. The highest BCUT2D eigenvalue weighted by Gasteiger charge is 2.07. The van der Waals surface area contributed by atoms with E-state index < -0.39 is 0 Å². The zero-order valence-corrected chi connectivity index (χ0v) is 10.3. The molecule has 2 heteroatoms. The zero-order chi connectivity index (χ0) is 11.4. The van der Waals surface area contributed by atoms with E-state index in [-0.39, 0.29) is 10.6 Å². The van der Waals surface area contributed by atoms with Gasteiger partial charge in [0.25, 0.3) is 0 Å². The van der Waals surface area contributed by atoms with Gasteiger partial charge in [0.2, 0.25) is 0 Å². The standard InChI is InChI=1S/C14H12BrF/c15-14(12-4-2-1-3-5-12)10-11-6-8-13(16)9-7-11/h1-9,14H,10H2/t14-/m0/s1. The maximum Gasteiger partial charge on any atom is 0.123 e. The molecule has 0 radical (unpaired) electrons. The minimum atomic E-state index is -0.186. The molecule has 0 heterocycles. The second-order valence-electron chi connectivity index (χ2n) is 3.71. The fourth-order valence-corrected chi connectivity index (χ4v) is 2.29. The molecule has 0 unspecified atom stereocenters. The first kappa shape index (κ1) is 11.3. The Bertz CT molecular complexity index is 436. The van der Waals surface area contributed by atoms with Crippen LogP contribution < -0.4 is 0 Å². The number of hydrogen-bond acceptors (Lipinski definition) is 0. The van der Waals surface area contributed by atoms with Gasteiger partial charge in [-0.05, 0) is 29.7 Å². The van der Waals surface area contributed by atoms with Crippen molar-refractivity contribution in [2.75, 3.05) is 0 Å². The van der Waals surface area contributed by atoms with Crippen LogP contribution in [0.3, 0.4) is 0 Å². The van der Waals surface area contributed by atoms with Crippen LogP contribution in [0, 0.1) is 5.82 Å². The molecule has 2 aromatic carbocycles. The molecule has 0 spiro atoms. The van der Waals surface area contributed by atoms with Crippen LogP contribution in [-0.4, -0.2) is 0 Å². The summed E-state index contributed by atoms with van der Waals surface area (Å²) < 4.78 is 12.7. The van der Waals surface area contributed by atoms with E-state index in [9.17, 15) is 4.39 Å². The van der Waals surface area contributed by atoms with Crippen molar-refractivity contribution in [3.8, 4) is 0 Å². The lowest BCUT2D eigenvalue weighted by Crippen LogP contribution is -1.95. The third-order valence-corrected chi connectivity index (χ3v) is 3.34. The third-order valence-electron chi connectivity index (χ3n) is 2.49. The molecule has 0 aliphatic heterocycles. The summed E-state index contributed by atoms with van der Waals surface area (Å²) in [6.07, 6.45) is 0.865. The molecule has 0 aliphatic rings. The van der Waals surface area contributed by atoms with Crippen molar-refractivity contribution in [3.63, 3.8) is 0 Å². The fraction of sp³-hybridized carbons (Fsp3) is 0.143. The summed E-state index contributed by atoms with van der Waals surface area (Å²) in [4.78, 5) is 0.277. The molecule has 16 heavy (non-hydrogen) atoms. The Balaban J connectivity index is 2.08. The molecule has 0 fully saturated rings. The van der Waals surface area contributed by atoms with Gasteiger partial charge >= 0.3 is 0 Å². The molecule has 0 bridgehead atoms. The van der Waals surface area contributed by atoms with E-state index in [1.54, 1.807) is 0 Å². The van der Waals surface area contributed by atoms with Gasteiger partial charge in [-0.15, -0.1) is 0 Å². The topological polar surface area (TPSA) is 0 Å². The van der Waals surface area contributed by atoms with Gasteiger partial charge in [-0.3, -0.25) is 0 Å². The number of alkyl halides is 1. The predicted molar refractivity (Wildman–Crippen MR) is 68.2 cm³/mol. The first-order valence-corrected chi connectivity index (χ1v) is 6.11. The molecule has 82 valence electrons. The Morgan fingerprint density at radius 2 is 1.56 bits per heavy atom. The lowest BCUT2D eigenvalue weighted by Gasteiger charge is -2.09. The summed E-state index contributed by atoms with van der Waals surface area (Å²) in [5, 5.41) is 0. The average molecular weight is 279 g/mol. The maximum absolute atomic E-state index is 12.7. The van der Waals surface area contributed by atoms with E-state index in [0.29, 0.717) is 0 Å². The van der Waals surface area contributed by atoms with Crippen LogP contribution in [0.1, 0.15) is 16.0 Å². The third kappa shape index (κ3) is 2.92. The summed E-state index contributed by atoms with van der Waals surface area (Å²) in [5.41, 5.74) is 2.37. The molecule has 0 aromatic heterocycles. The monoisotopic (exact) mass is 278 g/mol. The van der Waals surface area contributed by atoms with Crippen LogP contribution in [0.2, 0.25) is 0 Å². The quantitative estimate of drug-likeness (QED) is 0.725. The summed E-state index contributed by atoms with van der Waals surface area (Å²) in [6, 6.07) is 16.9. The molecule has 2 rings (SSSR count). The van der Waals surface area contributed by atoms with E-state index in [4.69, 9.17) is 0 Å². The van der Waals surface area contributed by atoms with Crippen LogP contribution in [0.25, 0.3) is 0 Å². The molecule has 0 saturated carbocycles. The molecule has 0 N–H and O–H groups in total. The van der Waals surface area contributed by atoms with E-state index in [1.807, 2.05) is 30.3 Å². The molecule has 0 nitrogen and oxygen atoms in total. The number of rotatable bonds is 3. The van der Waals surface area contributed by atoms with Gasteiger partial charge < -0.3 is 0 Å². The summed E-state index contributed by atoms with van der Waals surface area (Å²) in [6.45, 7) is 0. The van der Waals surface area contributed by atoms with E-state index in [1.165, 1.54) is 17.7 Å². The highest BCUT2D eigenvalue weighted by Crippen LogP contribution is 2.26. The smallest absolute Gasteiger partial charge is 0.123 e. The first-order chi connectivity index (χ1) is 7.75. The molecule has 0 saturated heterocycles. The van der Waals surface area contributed by atoms with Crippen molar-refractivity contribution in [3.05, 3.63) is 71.5 Å². The molecule has 1 atom stereocenters. The van der Waals surface area contributed by atoms with Crippen LogP contribution in [0.5, 0.6) is 0 Å². The highest BCUT2D eigenvalue weighted by molar-refractivity contribution is 9.09.